The Balaban J connectivity index is 2.04. The molecule has 0 unspecified atom stereocenters. The molecule has 3 N–H and O–H groups in total. The average Bonchev–Trinajstić information content (AvgIpc) is 2.40. The second-order valence-electron chi connectivity index (χ2n) is 4.21. The Hall–Kier alpha value is -1.52. The number of nitrogen functional groups attached to an aromatic ring is 1. The summed E-state index contributed by atoms with van der Waals surface area (Å²) in [6.07, 6.45) is 1.77. The van der Waals surface area contributed by atoms with E-state index in [0.717, 1.165) is 17.1 Å². The van der Waals surface area contributed by atoms with E-state index in [1.807, 2.05) is 12.1 Å². The van der Waals surface area contributed by atoms with E-state index in [1.54, 1.807) is 18.0 Å². The molecule has 0 saturated heterocycles. The van der Waals surface area contributed by atoms with Crippen LogP contribution in [0, 0.1) is 13.8 Å². The Kier molecular flexibility index (Phi) is 4.23. The van der Waals surface area contributed by atoms with Gasteiger partial charge in [-0.05, 0) is 49.2 Å². The topological polar surface area (TPSA) is 50.9 Å². The van der Waals surface area contributed by atoms with Crippen LogP contribution in [0.5, 0.6) is 0 Å². The molecule has 0 spiro atoms. The average molecular weight is 259 g/mol. The lowest BCUT2D eigenvalue weighted by Gasteiger charge is -2.06. The van der Waals surface area contributed by atoms with Crippen LogP contribution in [0.1, 0.15) is 16.8 Å². The molecule has 0 atom stereocenters. The van der Waals surface area contributed by atoms with Crippen molar-refractivity contribution in [2.24, 2.45) is 5.84 Å². The van der Waals surface area contributed by atoms with Gasteiger partial charge in [-0.25, -0.2) is 0 Å². The molecule has 0 amide bonds. The largest absolute Gasteiger partial charge is 0.324 e. The van der Waals surface area contributed by atoms with E-state index < -0.39 is 0 Å². The highest BCUT2D eigenvalue weighted by Gasteiger charge is 2.00. The maximum absolute atomic E-state index is 5.38. The normalized spacial score (nSPS) is 10.4. The van der Waals surface area contributed by atoms with Crippen molar-refractivity contribution in [3.63, 3.8) is 0 Å². The summed E-state index contributed by atoms with van der Waals surface area (Å²) in [5.41, 5.74) is 7.19. The van der Waals surface area contributed by atoms with Gasteiger partial charge in [-0.3, -0.25) is 10.8 Å². The third kappa shape index (κ3) is 3.24. The number of hydrazine groups is 1. The Morgan fingerprint density at radius 2 is 2.00 bits per heavy atom. The minimum absolute atomic E-state index is 0.845. The van der Waals surface area contributed by atoms with Crippen molar-refractivity contribution in [2.45, 2.75) is 24.5 Å². The van der Waals surface area contributed by atoms with Gasteiger partial charge in [0.2, 0.25) is 0 Å². The molecule has 1 heterocycles. The summed E-state index contributed by atoms with van der Waals surface area (Å²) in [4.78, 5) is 5.60. The summed E-state index contributed by atoms with van der Waals surface area (Å²) >= 11 is 1.78. The van der Waals surface area contributed by atoms with Crippen molar-refractivity contribution in [2.75, 3.05) is 5.43 Å². The number of nitrogens with zero attached hydrogens (tertiary/aromatic N) is 1. The second kappa shape index (κ2) is 5.89. The van der Waals surface area contributed by atoms with Gasteiger partial charge in [0.25, 0.3) is 0 Å². The molecule has 1 aromatic carbocycles. The first kappa shape index (κ1) is 12.9. The van der Waals surface area contributed by atoms with Crippen LogP contribution in [-0.2, 0) is 5.75 Å². The number of aryl methyl sites for hydroxylation is 2. The lowest BCUT2D eigenvalue weighted by atomic mass is 10.1. The molecule has 1 aromatic heterocycles. The van der Waals surface area contributed by atoms with E-state index >= 15 is 0 Å². The number of thioether (sulfide) groups is 1. The Bertz CT molecular complexity index is 540. The molecule has 2 rings (SSSR count). The van der Waals surface area contributed by atoms with Crippen LogP contribution in [-0.4, -0.2) is 4.98 Å². The van der Waals surface area contributed by atoms with Crippen LogP contribution in [0.2, 0.25) is 0 Å². The number of nitrogens with one attached hydrogen (secondary N) is 1. The highest BCUT2D eigenvalue weighted by atomic mass is 32.2. The zero-order chi connectivity index (χ0) is 13.0. The fourth-order valence-electron chi connectivity index (χ4n) is 1.61. The number of aromatic nitrogens is 1. The highest BCUT2D eigenvalue weighted by molar-refractivity contribution is 7.98. The molecular formula is C14H17N3S. The number of rotatable bonds is 4. The Morgan fingerprint density at radius 1 is 1.17 bits per heavy atom. The predicted octanol–water partition coefficient (Wildman–Crippen LogP) is 3.28. The number of hydrogen-bond donors (Lipinski definition) is 2. The van der Waals surface area contributed by atoms with Gasteiger partial charge in [-0.1, -0.05) is 6.07 Å². The number of nitrogens with two attached hydrogens (primary N) is 1. The molecular weight excluding hydrogens is 242 g/mol. The molecule has 0 radical (unpaired) electrons. The molecule has 0 saturated carbocycles. The predicted molar refractivity (Wildman–Crippen MR) is 77.5 cm³/mol. The number of pyridine rings is 1. The fourth-order valence-corrected chi connectivity index (χ4v) is 2.50. The van der Waals surface area contributed by atoms with Crippen molar-refractivity contribution in [3.05, 3.63) is 53.3 Å². The van der Waals surface area contributed by atoms with E-state index in [-0.39, 0.29) is 0 Å². The lowest BCUT2D eigenvalue weighted by Crippen LogP contribution is -2.07. The molecule has 4 heteroatoms. The van der Waals surface area contributed by atoms with Crippen LogP contribution in [0.4, 0.5) is 5.69 Å². The molecule has 0 aliphatic carbocycles. The Morgan fingerprint density at radius 3 is 2.72 bits per heavy atom. The first-order valence-electron chi connectivity index (χ1n) is 5.80. The van der Waals surface area contributed by atoms with Crippen LogP contribution in [0.25, 0.3) is 0 Å². The lowest BCUT2D eigenvalue weighted by molar-refractivity contribution is 1.16. The van der Waals surface area contributed by atoms with Crippen molar-refractivity contribution in [1.82, 2.24) is 4.98 Å². The maximum Gasteiger partial charge on any atom is 0.0527 e. The van der Waals surface area contributed by atoms with Gasteiger partial charge < -0.3 is 5.43 Å². The first-order chi connectivity index (χ1) is 8.69. The van der Waals surface area contributed by atoms with Crippen LogP contribution >= 0.6 is 11.8 Å². The van der Waals surface area contributed by atoms with Crippen LogP contribution in [0.3, 0.4) is 0 Å². The minimum atomic E-state index is 0.845. The van der Waals surface area contributed by atoms with Crippen LogP contribution in [0.15, 0.2) is 41.4 Å². The monoisotopic (exact) mass is 259 g/mol. The Labute approximate surface area is 112 Å². The summed E-state index contributed by atoms with van der Waals surface area (Å²) in [6, 6.07) is 10.3. The molecule has 94 valence electrons. The number of anilines is 1. The zero-order valence-electron chi connectivity index (χ0n) is 10.6. The van der Waals surface area contributed by atoms with E-state index in [2.05, 4.69) is 42.5 Å². The van der Waals surface area contributed by atoms with E-state index in [9.17, 15) is 0 Å². The smallest absolute Gasteiger partial charge is 0.0527 e. The summed E-state index contributed by atoms with van der Waals surface area (Å²) in [5, 5.41) is 0. The van der Waals surface area contributed by atoms with Crippen molar-refractivity contribution in [1.29, 1.82) is 0 Å². The standard InChI is InChI=1S/C14H17N3S/c1-10-3-4-14(7-11(10)2)18-9-13-8-12(17-15)5-6-16-13/h3-8H,9,15H2,1-2H3,(H,16,17). The van der Waals surface area contributed by atoms with Gasteiger partial charge in [0.1, 0.15) is 0 Å². The van der Waals surface area contributed by atoms with Crippen molar-refractivity contribution >= 4 is 17.4 Å². The molecule has 0 aliphatic heterocycles. The van der Waals surface area contributed by atoms with E-state index in [0.29, 0.717) is 0 Å². The third-order valence-electron chi connectivity index (χ3n) is 2.85. The summed E-state index contributed by atoms with van der Waals surface area (Å²) < 4.78 is 0. The highest BCUT2D eigenvalue weighted by Crippen LogP contribution is 2.24. The van der Waals surface area contributed by atoms with Crippen molar-refractivity contribution < 1.29 is 0 Å². The number of benzene rings is 1. The number of hydrogen-bond acceptors (Lipinski definition) is 4. The molecule has 3 nitrogen and oxygen atoms in total. The SMILES string of the molecule is Cc1ccc(SCc2cc(NN)ccn2)cc1C. The van der Waals surface area contributed by atoms with Gasteiger partial charge in [-0.15, -0.1) is 11.8 Å². The molecule has 0 aliphatic rings. The maximum atomic E-state index is 5.38. The van der Waals surface area contributed by atoms with Gasteiger partial charge in [0.05, 0.1) is 11.4 Å². The van der Waals surface area contributed by atoms with Gasteiger partial charge in [-0.2, -0.15) is 0 Å². The van der Waals surface area contributed by atoms with E-state index in [1.165, 1.54) is 16.0 Å². The van der Waals surface area contributed by atoms with Gasteiger partial charge >= 0.3 is 0 Å². The first-order valence-corrected chi connectivity index (χ1v) is 6.79. The second-order valence-corrected chi connectivity index (χ2v) is 5.26. The quantitative estimate of drug-likeness (QED) is 0.502. The van der Waals surface area contributed by atoms with Gasteiger partial charge in [0, 0.05) is 16.8 Å². The molecule has 0 fully saturated rings. The van der Waals surface area contributed by atoms with Gasteiger partial charge in [0.15, 0.2) is 0 Å². The molecule has 0 bridgehead atoms. The van der Waals surface area contributed by atoms with Crippen molar-refractivity contribution in [3.8, 4) is 0 Å². The zero-order valence-corrected chi connectivity index (χ0v) is 11.4. The summed E-state index contributed by atoms with van der Waals surface area (Å²) in [6.45, 7) is 4.26. The summed E-state index contributed by atoms with van der Waals surface area (Å²) in [5.74, 6) is 6.22. The third-order valence-corrected chi connectivity index (χ3v) is 3.88. The van der Waals surface area contributed by atoms with E-state index in [4.69, 9.17) is 5.84 Å². The molecule has 18 heavy (non-hydrogen) atoms. The molecule has 2 aromatic rings. The fraction of sp³-hybridized carbons (Fsp3) is 0.214. The van der Waals surface area contributed by atoms with Crippen LogP contribution < -0.4 is 11.3 Å². The summed E-state index contributed by atoms with van der Waals surface area (Å²) in [7, 11) is 0. The minimum Gasteiger partial charge on any atom is -0.324 e.